The molecule has 0 bridgehead atoms. The van der Waals surface area contributed by atoms with Crippen molar-refractivity contribution in [3.8, 4) is 0 Å². The Morgan fingerprint density at radius 3 is 2.33 bits per heavy atom. The van der Waals surface area contributed by atoms with Gasteiger partial charge in [-0.2, -0.15) is 13.2 Å². The Morgan fingerprint density at radius 2 is 1.81 bits per heavy atom. The molecule has 0 amide bonds. The molecule has 1 aliphatic rings. The molecular formula is C16H21F4N. The fraction of sp³-hybridized carbons (Fsp3) is 0.625. The highest BCUT2D eigenvalue weighted by Crippen LogP contribution is 2.38. The molecule has 0 aromatic heterocycles. The van der Waals surface area contributed by atoms with Crippen LogP contribution in [0.1, 0.15) is 56.2 Å². The van der Waals surface area contributed by atoms with Crippen molar-refractivity contribution in [2.75, 3.05) is 0 Å². The first-order valence-electron chi connectivity index (χ1n) is 7.45. The lowest BCUT2D eigenvalue weighted by molar-refractivity contribution is -0.140. The molecule has 1 nitrogen and oxygen atoms in total. The highest BCUT2D eigenvalue weighted by atomic mass is 19.4. The molecule has 1 aliphatic carbocycles. The van der Waals surface area contributed by atoms with Crippen molar-refractivity contribution in [3.05, 3.63) is 35.1 Å². The summed E-state index contributed by atoms with van der Waals surface area (Å²) in [6, 6.07) is 2.66. The molecule has 0 saturated heterocycles. The highest BCUT2D eigenvalue weighted by Gasteiger charge is 2.35. The molecule has 0 aliphatic heterocycles. The minimum atomic E-state index is -4.68. The van der Waals surface area contributed by atoms with E-state index in [1.165, 1.54) is 6.07 Å². The van der Waals surface area contributed by atoms with Crippen molar-refractivity contribution in [2.24, 2.45) is 17.6 Å². The Bertz CT molecular complexity index is 476. The SMILES string of the molecule is CCC1CCC(C(N)c2ccc(F)c(C(F)(F)F)c2)CC1. The monoisotopic (exact) mass is 303 g/mol. The Balaban J connectivity index is 2.15. The van der Waals surface area contributed by atoms with Gasteiger partial charge in [-0.25, -0.2) is 4.39 Å². The van der Waals surface area contributed by atoms with Gasteiger partial charge < -0.3 is 5.73 Å². The van der Waals surface area contributed by atoms with Gasteiger partial charge in [-0.15, -0.1) is 0 Å². The van der Waals surface area contributed by atoms with Crippen LogP contribution in [0.15, 0.2) is 18.2 Å². The van der Waals surface area contributed by atoms with Gasteiger partial charge in [0.2, 0.25) is 0 Å². The number of hydrogen-bond donors (Lipinski definition) is 1. The van der Waals surface area contributed by atoms with Gasteiger partial charge in [-0.1, -0.05) is 32.3 Å². The van der Waals surface area contributed by atoms with Crippen LogP contribution in [0.2, 0.25) is 0 Å². The predicted octanol–water partition coefficient (Wildman–Crippen LogP) is 5.06. The summed E-state index contributed by atoms with van der Waals surface area (Å²) in [7, 11) is 0. The first kappa shape index (κ1) is 16.3. The van der Waals surface area contributed by atoms with Crippen LogP contribution in [0.5, 0.6) is 0 Å². The summed E-state index contributed by atoms with van der Waals surface area (Å²) in [5.41, 5.74) is 5.28. The van der Waals surface area contributed by atoms with E-state index in [2.05, 4.69) is 6.92 Å². The van der Waals surface area contributed by atoms with Crippen LogP contribution in [-0.4, -0.2) is 0 Å². The van der Waals surface area contributed by atoms with Crippen molar-refractivity contribution in [1.82, 2.24) is 0 Å². The Labute approximate surface area is 122 Å². The lowest BCUT2D eigenvalue weighted by Crippen LogP contribution is -2.26. The third kappa shape index (κ3) is 3.76. The fourth-order valence-electron chi connectivity index (χ4n) is 3.20. The summed E-state index contributed by atoms with van der Waals surface area (Å²) in [5.74, 6) is -0.361. The third-order valence-corrected chi connectivity index (χ3v) is 4.66. The van der Waals surface area contributed by atoms with Crippen molar-refractivity contribution in [3.63, 3.8) is 0 Å². The molecule has 1 aromatic rings. The number of nitrogens with two attached hydrogens (primary N) is 1. The molecule has 2 rings (SSSR count). The Kier molecular flexibility index (Phi) is 4.91. The molecular weight excluding hydrogens is 282 g/mol. The number of halogens is 4. The quantitative estimate of drug-likeness (QED) is 0.776. The van der Waals surface area contributed by atoms with Crippen molar-refractivity contribution in [1.29, 1.82) is 0 Å². The summed E-state index contributed by atoms with van der Waals surface area (Å²) in [4.78, 5) is 0. The zero-order chi connectivity index (χ0) is 15.6. The van der Waals surface area contributed by atoms with Gasteiger partial charge >= 0.3 is 6.18 Å². The maximum Gasteiger partial charge on any atom is 0.419 e. The second kappa shape index (κ2) is 6.34. The van der Waals surface area contributed by atoms with Crippen LogP contribution in [0.3, 0.4) is 0 Å². The van der Waals surface area contributed by atoms with E-state index in [1.807, 2.05) is 0 Å². The number of hydrogen-bond acceptors (Lipinski definition) is 1. The van der Waals surface area contributed by atoms with Crippen molar-refractivity contribution in [2.45, 2.75) is 51.2 Å². The second-order valence-corrected chi connectivity index (χ2v) is 5.95. The normalized spacial score (nSPS) is 24.9. The van der Waals surface area contributed by atoms with Gasteiger partial charge in [0.15, 0.2) is 0 Å². The number of benzene rings is 1. The van der Waals surface area contributed by atoms with Gasteiger partial charge in [-0.3, -0.25) is 0 Å². The highest BCUT2D eigenvalue weighted by molar-refractivity contribution is 5.29. The van der Waals surface area contributed by atoms with Gasteiger partial charge in [0.25, 0.3) is 0 Å². The van der Waals surface area contributed by atoms with Gasteiger partial charge in [0.05, 0.1) is 5.56 Å². The van der Waals surface area contributed by atoms with E-state index in [-0.39, 0.29) is 5.92 Å². The molecule has 1 aromatic carbocycles. The lowest BCUT2D eigenvalue weighted by Gasteiger charge is -2.32. The van der Waals surface area contributed by atoms with E-state index >= 15 is 0 Å². The minimum Gasteiger partial charge on any atom is -0.324 e. The summed E-state index contributed by atoms with van der Waals surface area (Å²) < 4.78 is 51.6. The van der Waals surface area contributed by atoms with Gasteiger partial charge in [0.1, 0.15) is 5.82 Å². The van der Waals surface area contributed by atoms with Crippen LogP contribution in [-0.2, 0) is 6.18 Å². The van der Waals surface area contributed by atoms with Gasteiger partial charge in [0, 0.05) is 6.04 Å². The molecule has 21 heavy (non-hydrogen) atoms. The van der Waals surface area contributed by atoms with Crippen molar-refractivity contribution < 1.29 is 17.6 Å². The topological polar surface area (TPSA) is 26.0 Å². The van der Waals surface area contributed by atoms with Crippen LogP contribution >= 0.6 is 0 Å². The van der Waals surface area contributed by atoms with E-state index < -0.39 is 23.6 Å². The second-order valence-electron chi connectivity index (χ2n) is 5.95. The smallest absolute Gasteiger partial charge is 0.324 e. The Hall–Kier alpha value is -1.10. The molecule has 0 heterocycles. The zero-order valence-corrected chi connectivity index (χ0v) is 12.1. The molecule has 1 saturated carbocycles. The molecule has 0 radical (unpaired) electrons. The van der Waals surface area contributed by atoms with E-state index in [0.29, 0.717) is 11.5 Å². The maximum absolute atomic E-state index is 13.3. The molecule has 1 unspecified atom stereocenters. The summed E-state index contributed by atoms with van der Waals surface area (Å²) in [6.07, 6.45) is 0.456. The molecule has 5 heteroatoms. The summed E-state index contributed by atoms with van der Waals surface area (Å²) in [5, 5.41) is 0. The summed E-state index contributed by atoms with van der Waals surface area (Å²) in [6.45, 7) is 2.15. The van der Waals surface area contributed by atoms with E-state index in [4.69, 9.17) is 5.73 Å². The van der Waals surface area contributed by atoms with Crippen LogP contribution in [0.4, 0.5) is 17.6 Å². The van der Waals surface area contributed by atoms with E-state index in [9.17, 15) is 17.6 Å². The molecule has 0 spiro atoms. The lowest BCUT2D eigenvalue weighted by atomic mass is 9.76. The predicted molar refractivity (Wildman–Crippen MR) is 74.1 cm³/mol. The molecule has 1 fully saturated rings. The van der Waals surface area contributed by atoms with Crippen LogP contribution in [0.25, 0.3) is 0 Å². The Morgan fingerprint density at radius 1 is 1.19 bits per heavy atom. The van der Waals surface area contributed by atoms with E-state index in [1.54, 1.807) is 0 Å². The third-order valence-electron chi connectivity index (χ3n) is 4.66. The van der Waals surface area contributed by atoms with E-state index in [0.717, 1.165) is 44.2 Å². The van der Waals surface area contributed by atoms with Crippen molar-refractivity contribution >= 4 is 0 Å². The largest absolute Gasteiger partial charge is 0.419 e. The number of rotatable bonds is 3. The maximum atomic E-state index is 13.3. The first-order chi connectivity index (χ1) is 9.82. The molecule has 1 atom stereocenters. The van der Waals surface area contributed by atoms with Crippen LogP contribution in [0, 0.1) is 17.7 Å². The zero-order valence-electron chi connectivity index (χ0n) is 12.1. The standard InChI is InChI=1S/C16H21F4N/c1-2-10-3-5-11(6-4-10)15(21)12-7-8-14(17)13(9-12)16(18,19)20/h7-11,15H,2-6,21H2,1H3. The molecule has 2 N–H and O–H groups in total. The average molecular weight is 303 g/mol. The average Bonchev–Trinajstić information content (AvgIpc) is 2.46. The van der Waals surface area contributed by atoms with Gasteiger partial charge in [-0.05, 0) is 42.4 Å². The first-order valence-corrected chi connectivity index (χ1v) is 7.45. The van der Waals surface area contributed by atoms with Crippen LogP contribution < -0.4 is 5.73 Å². The minimum absolute atomic E-state index is 0.180. The number of alkyl halides is 3. The summed E-state index contributed by atoms with van der Waals surface area (Å²) >= 11 is 0. The fourth-order valence-corrected chi connectivity index (χ4v) is 3.20. The molecule has 118 valence electrons.